The second-order valence-electron chi connectivity index (χ2n) is 7.20. The highest BCUT2D eigenvalue weighted by Gasteiger charge is 2.52. The van der Waals surface area contributed by atoms with Gasteiger partial charge in [-0.2, -0.15) is 0 Å². The van der Waals surface area contributed by atoms with Crippen molar-refractivity contribution in [3.05, 3.63) is 23.9 Å². The van der Waals surface area contributed by atoms with Gasteiger partial charge in [0.1, 0.15) is 11.9 Å². The van der Waals surface area contributed by atoms with Gasteiger partial charge in [-0.3, -0.25) is 9.59 Å². The first kappa shape index (κ1) is 16.7. The van der Waals surface area contributed by atoms with E-state index >= 15 is 0 Å². The van der Waals surface area contributed by atoms with Gasteiger partial charge in [0.25, 0.3) is 0 Å². The van der Waals surface area contributed by atoms with Crippen LogP contribution >= 0.6 is 11.8 Å². The normalized spacial score (nSPS) is 28.5. The molecule has 0 unspecified atom stereocenters. The number of nitrogens with zero attached hydrogens (tertiary/aromatic N) is 3. The van der Waals surface area contributed by atoms with Gasteiger partial charge < -0.3 is 15.1 Å². The molecule has 2 atom stereocenters. The largest absolute Gasteiger partial charge is 0.357 e. The number of aromatic nitrogens is 1. The van der Waals surface area contributed by atoms with Crippen LogP contribution in [0.3, 0.4) is 0 Å². The van der Waals surface area contributed by atoms with Gasteiger partial charge in [-0.05, 0) is 43.9 Å². The van der Waals surface area contributed by atoms with E-state index in [4.69, 9.17) is 0 Å². The number of fused-ring (bicyclic) bond motifs is 1. The number of anilines is 1. The number of amides is 2. The summed E-state index contributed by atoms with van der Waals surface area (Å²) in [6.07, 6.45) is 5.62. The lowest BCUT2D eigenvalue weighted by atomic mass is 10.2. The van der Waals surface area contributed by atoms with Crippen molar-refractivity contribution in [1.82, 2.24) is 15.2 Å². The number of carbonyl (C=O) groups excluding carboxylic acids is 2. The van der Waals surface area contributed by atoms with E-state index in [0.717, 1.165) is 30.9 Å². The third kappa shape index (κ3) is 3.10. The zero-order valence-electron chi connectivity index (χ0n) is 14.5. The molecule has 0 saturated carbocycles. The molecule has 4 heterocycles. The molecule has 0 spiro atoms. The molecule has 7 heteroatoms. The summed E-state index contributed by atoms with van der Waals surface area (Å²) in [5, 5.41) is 3.02. The number of hydrogen-bond acceptors (Lipinski definition) is 5. The van der Waals surface area contributed by atoms with E-state index in [-0.39, 0.29) is 22.7 Å². The van der Waals surface area contributed by atoms with Crippen molar-refractivity contribution in [3.8, 4) is 0 Å². The Morgan fingerprint density at radius 1 is 1.44 bits per heavy atom. The van der Waals surface area contributed by atoms with Crippen molar-refractivity contribution >= 4 is 29.4 Å². The lowest BCUT2D eigenvalue weighted by molar-refractivity contribution is -0.138. The van der Waals surface area contributed by atoms with Crippen molar-refractivity contribution in [2.45, 2.75) is 50.1 Å². The topological polar surface area (TPSA) is 65.5 Å². The molecule has 0 radical (unpaired) electrons. The van der Waals surface area contributed by atoms with Gasteiger partial charge >= 0.3 is 0 Å². The Labute approximate surface area is 152 Å². The molecule has 25 heavy (non-hydrogen) atoms. The number of carbonyl (C=O) groups is 2. The van der Waals surface area contributed by atoms with Crippen molar-refractivity contribution in [2.75, 3.05) is 23.7 Å². The van der Waals surface area contributed by atoms with Crippen LogP contribution in [0.15, 0.2) is 18.3 Å². The summed E-state index contributed by atoms with van der Waals surface area (Å²) in [7, 11) is 0. The van der Waals surface area contributed by atoms with E-state index in [2.05, 4.69) is 28.2 Å². The molecule has 1 aromatic rings. The maximum atomic E-state index is 12.6. The number of hydrogen-bond donors (Lipinski definition) is 1. The first-order chi connectivity index (χ1) is 12.1. The summed E-state index contributed by atoms with van der Waals surface area (Å²) in [4.78, 5) is 33.1. The molecule has 0 aromatic carbocycles. The number of pyridine rings is 1. The summed E-state index contributed by atoms with van der Waals surface area (Å²) in [6, 6.07) is 3.65. The summed E-state index contributed by atoms with van der Waals surface area (Å²) < 4.78 is 0. The highest BCUT2D eigenvalue weighted by atomic mass is 32.2. The number of nitrogens with one attached hydrogen (secondary N) is 1. The minimum Gasteiger partial charge on any atom is -0.357 e. The monoisotopic (exact) mass is 360 g/mol. The third-order valence-electron chi connectivity index (χ3n) is 5.45. The van der Waals surface area contributed by atoms with Crippen LogP contribution in [-0.2, 0) is 16.1 Å². The van der Waals surface area contributed by atoms with E-state index in [1.54, 1.807) is 16.7 Å². The van der Waals surface area contributed by atoms with Crippen molar-refractivity contribution < 1.29 is 9.59 Å². The van der Waals surface area contributed by atoms with Crippen LogP contribution in [-0.4, -0.2) is 51.5 Å². The zero-order valence-corrected chi connectivity index (χ0v) is 15.3. The Morgan fingerprint density at radius 3 is 3.04 bits per heavy atom. The van der Waals surface area contributed by atoms with Gasteiger partial charge in [-0.15, -0.1) is 11.8 Å². The molecular weight excluding hydrogens is 336 g/mol. The molecule has 3 aliphatic heterocycles. The molecule has 0 bridgehead atoms. The smallest absolute Gasteiger partial charge is 0.243 e. The maximum Gasteiger partial charge on any atom is 0.243 e. The molecule has 1 N–H and O–H groups in total. The molecule has 1 aromatic heterocycles. The SMILES string of the molecule is C[C@]12CCC(=O)N1[C@@H](C(=O)NCc1ccnc(N3CCCC3)c1)CS2. The van der Waals surface area contributed by atoms with Gasteiger partial charge in [0.2, 0.25) is 11.8 Å². The number of rotatable bonds is 4. The van der Waals surface area contributed by atoms with E-state index in [9.17, 15) is 9.59 Å². The fraction of sp³-hybridized carbons (Fsp3) is 0.611. The average Bonchev–Trinajstić information content (AvgIpc) is 3.31. The van der Waals surface area contributed by atoms with Gasteiger partial charge in [-0.25, -0.2) is 4.98 Å². The molecule has 2 amide bonds. The second-order valence-corrected chi connectivity index (χ2v) is 8.70. The van der Waals surface area contributed by atoms with Gasteiger partial charge in [0.05, 0.1) is 4.87 Å². The van der Waals surface area contributed by atoms with Crippen LogP contribution in [0.5, 0.6) is 0 Å². The fourth-order valence-corrected chi connectivity index (χ4v) is 5.44. The predicted molar refractivity (Wildman–Crippen MR) is 98.3 cm³/mol. The average molecular weight is 360 g/mol. The van der Waals surface area contributed by atoms with Crippen LogP contribution in [0, 0.1) is 0 Å². The molecule has 0 aliphatic carbocycles. The Morgan fingerprint density at radius 2 is 2.24 bits per heavy atom. The minimum absolute atomic E-state index is 0.0500. The van der Waals surface area contributed by atoms with Gasteiger partial charge in [-0.1, -0.05) is 0 Å². The van der Waals surface area contributed by atoms with Crippen LogP contribution in [0.1, 0.15) is 38.2 Å². The van der Waals surface area contributed by atoms with Gasteiger partial charge in [0, 0.05) is 38.0 Å². The standard InChI is InChI=1S/C18H24N4O2S/c1-18-6-4-16(23)22(18)14(12-25-18)17(24)20-11-13-5-7-19-15(10-13)21-8-2-3-9-21/h5,7,10,14H,2-4,6,8-9,11-12H2,1H3,(H,20,24)/t14-,18+/m1/s1. The lowest BCUT2D eigenvalue weighted by Gasteiger charge is -2.29. The summed E-state index contributed by atoms with van der Waals surface area (Å²) >= 11 is 1.72. The maximum absolute atomic E-state index is 12.6. The van der Waals surface area contributed by atoms with Crippen LogP contribution in [0.2, 0.25) is 0 Å². The highest BCUT2D eigenvalue weighted by Crippen LogP contribution is 2.47. The molecule has 6 nitrogen and oxygen atoms in total. The van der Waals surface area contributed by atoms with E-state index in [1.165, 1.54) is 12.8 Å². The third-order valence-corrected chi connectivity index (χ3v) is 6.96. The Hall–Kier alpha value is -1.76. The first-order valence-electron chi connectivity index (χ1n) is 9.00. The van der Waals surface area contributed by atoms with Gasteiger partial charge in [0.15, 0.2) is 0 Å². The molecule has 4 rings (SSSR count). The van der Waals surface area contributed by atoms with Crippen molar-refractivity contribution in [2.24, 2.45) is 0 Å². The van der Waals surface area contributed by atoms with Crippen molar-refractivity contribution in [3.63, 3.8) is 0 Å². The van der Waals surface area contributed by atoms with Crippen LogP contribution < -0.4 is 10.2 Å². The van der Waals surface area contributed by atoms with Crippen molar-refractivity contribution in [1.29, 1.82) is 0 Å². The van der Waals surface area contributed by atoms with E-state index in [0.29, 0.717) is 18.7 Å². The summed E-state index contributed by atoms with van der Waals surface area (Å²) in [5.41, 5.74) is 1.05. The molecule has 3 aliphatic rings. The fourth-order valence-electron chi connectivity index (χ4n) is 4.01. The second kappa shape index (κ2) is 6.52. The summed E-state index contributed by atoms with van der Waals surface area (Å²) in [6.45, 7) is 4.65. The highest BCUT2D eigenvalue weighted by molar-refractivity contribution is 8.01. The molecule has 3 fully saturated rings. The minimum atomic E-state index is -0.343. The predicted octanol–water partition coefficient (Wildman–Crippen LogP) is 1.75. The molecule has 3 saturated heterocycles. The molecular formula is C18H24N4O2S. The molecule has 134 valence electrons. The van der Waals surface area contributed by atoms with E-state index < -0.39 is 0 Å². The summed E-state index contributed by atoms with van der Waals surface area (Å²) in [5.74, 6) is 1.73. The lowest BCUT2D eigenvalue weighted by Crippen LogP contribution is -2.49. The van der Waals surface area contributed by atoms with E-state index in [1.807, 2.05) is 12.3 Å². The Kier molecular flexibility index (Phi) is 4.35. The Balaban J connectivity index is 1.39. The van der Waals surface area contributed by atoms with Crippen LogP contribution in [0.4, 0.5) is 5.82 Å². The first-order valence-corrected chi connectivity index (χ1v) is 9.99. The number of thioether (sulfide) groups is 1. The quantitative estimate of drug-likeness (QED) is 0.886. The Bertz CT molecular complexity index is 691. The zero-order chi connectivity index (χ0) is 17.4. The van der Waals surface area contributed by atoms with Crippen LogP contribution in [0.25, 0.3) is 0 Å².